The number of anilines is 2. The molecule has 2 heterocycles. The topological polar surface area (TPSA) is 105 Å². The molecule has 234 valence electrons. The van der Waals surface area contributed by atoms with Crippen LogP contribution >= 0.6 is 0 Å². The number of aryl methyl sites for hydroxylation is 2. The van der Waals surface area contributed by atoms with Crippen LogP contribution in [-0.2, 0) is 25.6 Å². The van der Waals surface area contributed by atoms with Crippen molar-refractivity contribution in [3.05, 3.63) is 125 Å². The van der Waals surface area contributed by atoms with Gasteiger partial charge < -0.3 is 14.8 Å². The standard InChI is InChI=1S/C22H19N3O4.C15H16O2/c1-23-18-13-21(28)25(22(18)29)17-8-4-15(5-9-17)12-14-2-6-16(7-3-14)24-19(26)10-11-20(24)27;1-11-9-14(10-12(2)15(11)16-3)17-13-7-5-4-6-8-13/h2-11,18,23H,12-13H2,1H3;4-10H,1-3H3. The molecule has 2 aliphatic rings. The number of amides is 4. The molecule has 4 aromatic rings. The third-order valence-electron chi connectivity index (χ3n) is 7.72. The molecule has 0 spiro atoms. The Morgan fingerprint density at radius 3 is 1.72 bits per heavy atom. The number of ether oxygens (including phenoxy) is 2. The molecule has 4 aromatic carbocycles. The van der Waals surface area contributed by atoms with Crippen molar-refractivity contribution >= 4 is 35.0 Å². The van der Waals surface area contributed by atoms with Gasteiger partial charge in [0, 0.05) is 12.2 Å². The maximum atomic E-state index is 12.3. The van der Waals surface area contributed by atoms with Crippen LogP contribution in [0.4, 0.5) is 11.4 Å². The van der Waals surface area contributed by atoms with E-state index >= 15 is 0 Å². The summed E-state index contributed by atoms with van der Waals surface area (Å²) in [6.45, 7) is 4.04. The zero-order valence-corrected chi connectivity index (χ0v) is 26.2. The number of nitrogens with zero attached hydrogens (tertiary/aromatic N) is 2. The molecule has 0 radical (unpaired) electrons. The molecule has 0 bridgehead atoms. The maximum absolute atomic E-state index is 12.3. The zero-order valence-electron chi connectivity index (χ0n) is 26.2. The number of rotatable bonds is 8. The summed E-state index contributed by atoms with van der Waals surface area (Å²) >= 11 is 0. The summed E-state index contributed by atoms with van der Waals surface area (Å²) in [6.07, 6.45) is 3.32. The van der Waals surface area contributed by atoms with E-state index in [0.29, 0.717) is 17.8 Å². The Morgan fingerprint density at radius 2 is 1.24 bits per heavy atom. The summed E-state index contributed by atoms with van der Waals surface area (Å²) in [5, 5.41) is 2.86. The van der Waals surface area contributed by atoms with Crippen molar-refractivity contribution in [3.8, 4) is 17.2 Å². The van der Waals surface area contributed by atoms with Crippen molar-refractivity contribution in [2.24, 2.45) is 0 Å². The van der Waals surface area contributed by atoms with Gasteiger partial charge >= 0.3 is 0 Å². The molecule has 1 saturated heterocycles. The van der Waals surface area contributed by atoms with Gasteiger partial charge in [0.1, 0.15) is 17.2 Å². The van der Waals surface area contributed by atoms with Crippen LogP contribution in [0.2, 0.25) is 0 Å². The average molecular weight is 618 g/mol. The van der Waals surface area contributed by atoms with E-state index in [1.165, 1.54) is 17.1 Å². The van der Waals surface area contributed by atoms with Crippen LogP contribution in [-0.4, -0.2) is 43.8 Å². The first-order valence-corrected chi connectivity index (χ1v) is 14.8. The predicted molar refractivity (Wildman–Crippen MR) is 176 cm³/mol. The molecule has 4 amide bonds. The minimum absolute atomic E-state index is 0.168. The minimum atomic E-state index is -0.467. The van der Waals surface area contributed by atoms with Crippen molar-refractivity contribution in [3.63, 3.8) is 0 Å². The molecule has 1 atom stereocenters. The van der Waals surface area contributed by atoms with Crippen molar-refractivity contribution in [1.82, 2.24) is 5.32 Å². The monoisotopic (exact) mass is 617 g/mol. The summed E-state index contributed by atoms with van der Waals surface area (Å²) in [6, 6.07) is 27.8. The van der Waals surface area contributed by atoms with Crippen LogP contribution in [0.15, 0.2) is 103 Å². The number of likely N-dealkylation sites (N-methyl/N-ethyl adjacent to an activating group) is 1. The summed E-state index contributed by atoms with van der Waals surface area (Å²) in [5.41, 5.74) is 5.29. The molecule has 0 aromatic heterocycles. The van der Waals surface area contributed by atoms with Gasteiger partial charge in [0.15, 0.2) is 0 Å². The smallest absolute Gasteiger partial charge is 0.258 e. The van der Waals surface area contributed by atoms with Crippen molar-refractivity contribution in [2.45, 2.75) is 32.7 Å². The van der Waals surface area contributed by atoms with Gasteiger partial charge in [-0.25, -0.2) is 9.80 Å². The Balaban J connectivity index is 0.000000209. The molecule has 1 fully saturated rings. The second kappa shape index (κ2) is 14.0. The van der Waals surface area contributed by atoms with Gasteiger partial charge in [0.25, 0.3) is 17.7 Å². The summed E-state index contributed by atoms with van der Waals surface area (Å²) in [7, 11) is 3.35. The summed E-state index contributed by atoms with van der Waals surface area (Å²) in [4.78, 5) is 50.3. The molecular weight excluding hydrogens is 582 g/mol. The van der Waals surface area contributed by atoms with E-state index in [4.69, 9.17) is 9.47 Å². The number of hydrogen-bond donors (Lipinski definition) is 1. The zero-order chi connectivity index (χ0) is 32.8. The van der Waals surface area contributed by atoms with Crippen LogP contribution in [0, 0.1) is 13.8 Å². The Morgan fingerprint density at radius 1 is 0.717 bits per heavy atom. The predicted octanol–water partition coefficient (Wildman–Crippen LogP) is 5.66. The van der Waals surface area contributed by atoms with Crippen molar-refractivity contribution < 1.29 is 28.7 Å². The fraction of sp³-hybridized carbons (Fsp3) is 0.189. The van der Waals surface area contributed by atoms with Crippen LogP contribution in [0.1, 0.15) is 28.7 Å². The number of benzene rings is 4. The first-order valence-electron chi connectivity index (χ1n) is 14.8. The van der Waals surface area contributed by atoms with Gasteiger partial charge in [0.2, 0.25) is 5.91 Å². The van der Waals surface area contributed by atoms with Crippen LogP contribution in [0.5, 0.6) is 17.2 Å². The van der Waals surface area contributed by atoms with Crippen LogP contribution in [0.3, 0.4) is 0 Å². The number of imide groups is 2. The first-order chi connectivity index (χ1) is 22.2. The normalized spacial score (nSPS) is 15.7. The van der Waals surface area contributed by atoms with Gasteiger partial charge in [-0.15, -0.1) is 0 Å². The Hall–Kier alpha value is -5.54. The SMILES string of the molecule is CNC1CC(=O)N(c2ccc(Cc3ccc(N4C(=O)C=CC4=O)cc3)cc2)C1=O.COc1c(C)cc(Oc2ccccc2)cc1C. The average Bonchev–Trinajstić information content (AvgIpc) is 3.54. The van der Waals surface area contributed by atoms with E-state index in [0.717, 1.165) is 44.4 Å². The van der Waals surface area contributed by atoms with Gasteiger partial charge in [-0.2, -0.15) is 0 Å². The van der Waals surface area contributed by atoms with E-state index < -0.39 is 6.04 Å². The summed E-state index contributed by atoms with van der Waals surface area (Å²) < 4.78 is 11.1. The molecule has 1 N–H and O–H groups in total. The van der Waals surface area contributed by atoms with E-state index in [1.807, 2.05) is 80.6 Å². The van der Waals surface area contributed by atoms with Crippen molar-refractivity contribution in [1.29, 1.82) is 0 Å². The Kier molecular flexibility index (Phi) is 9.73. The van der Waals surface area contributed by atoms with Crippen molar-refractivity contribution in [2.75, 3.05) is 24.0 Å². The maximum Gasteiger partial charge on any atom is 0.258 e. The molecule has 0 aliphatic carbocycles. The van der Waals surface area contributed by atoms with Gasteiger partial charge in [0.05, 0.1) is 30.9 Å². The minimum Gasteiger partial charge on any atom is -0.496 e. The Labute approximate surface area is 268 Å². The fourth-order valence-electron chi connectivity index (χ4n) is 5.46. The molecule has 0 saturated carbocycles. The molecule has 1 unspecified atom stereocenters. The lowest BCUT2D eigenvalue weighted by Gasteiger charge is -2.16. The number of nitrogens with one attached hydrogen (secondary N) is 1. The van der Waals surface area contributed by atoms with Gasteiger partial charge in [-0.1, -0.05) is 42.5 Å². The quantitative estimate of drug-likeness (QED) is 0.254. The Bertz CT molecular complexity index is 1740. The highest BCUT2D eigenvalue weighted by atomic mass is 16.5. The van der Waals surface area contributed by atoms with E-state index in [1.54, 1.807) is 38.4 Å². The summed E-state index contributed by atoms with van der Waals surface area (Å²) in [5.74, 6) is 1.48. The number of carbonyl (C=O) groups is 4. The van der Waals surface area contributed by atoms with E-state index in [2.05, 4.69) is 5.32 Å². The van der Waals surface area contributed by atoms with Crippen LogP contribution in [0.25, 0.3) is 0 Å². The third kappa shape index (κ3) is 7.06. The van der Waals surface area contributed by atoms with Crippen LogP contribution < -0.4 is 24.6 Å². The lowest BCUT2D eigenvalue weighted by Crippen LogP contribution is -2.37. The largest absolute Gasteiger partial charge is 0.496 e. The number of methoxy groups -OCH3 is 1. The molecule has 46 heavy (non-hydrogen) atoms. The fourth-order valence-corrected chi connectivity index (χ4v) is 5.46. The lowest BCUT2D eigenvalue weighted by molar-refractivity contribution is -0.122. The highest BCUT2D eigenvalue weighted by Gasteiger charge is 2.38. The second-order valence-corrected chi connectivity index (χ2v) is 11.0. The van der Waals surface area contributed by atoms with E-state index in [-0.39, 0.29) is 30.0 Å². The number of hydrogen-bond acceptors (Lipinski definition) is 7. The molecule has 9 heteroatoms. The van der Waals surface area contributed by atoms with Gasteiger partial charge in [-0.05, 0) is 98.1 Å². The highest BCUT2D eigenvalue weighted by molar-refractivity contribution is 6.28. The lowest BCUT2D eigenvalue weighted by atomic mass is 10.0. The molecular formula is C37H35N3O6. The number of carbonyl (C=O) groups excluding carboxylic acids is 4. The molecule has 2 aliphatic heterocycles. The van der Waals surface area contributed by atoms with E-state index in [9.17, 15) is 19.2 Å². The number of para-hydroxylation sites is 1. The third-order valence-corrected chi connectivity index (χ3v) is 7.72. The first kappa shape index (κ1) is 31.9. The molecule has 9 nitrogen and oxygen atoms in total. The molecule has 6 rings (SSSR count). The second-order valence-electron chi connectivity index (χ2n) is 11.0. The highest BCUT2D eigenvalue weighted by Crippen LogP contribution is 2.31. The van der Waals surface area contributed by atoms with Gasteiger partial charge in [-0.3, -0.25) is 19.2 Å².